The zero-order valence-electron chi connectivity index (χ0n) is 24.4. The summed E-state index contributed by atoms with van der Waals surface area (Å²) in [7, 11) is -1.08. The number of nitrogens with zero attached hydrogens (tertiary/aromatic N) is 2. The number of sulfonamides is 1. The molecule has 0 aromatic heterocycles. The highest BCUT2D eigenvalue weighted by Gasteiger charge is 2.34. The van der Waals surface area contributed by atoms with Crippen LogP contribution in [0.5, 0.6) is 11.5 Å². The summed E-state index contributed by atoms with van der Waals surface area (Å²) in [5.41, 5.74) is 1.64. The second-order valence-corrected chi connectivity index (χ2v) is 12.1. The van der Waals surface area contributed by atoms with E-state index < -0.39 is 28.5 Å². The molecule has 9 nitrogen and oxygen atoms in total. The minimum atomic E-state index is -3.96. The summed E-state index contributed by atoms with van der Waals surface area (Å²) in [5, 5.41) is 3.38. The van der Waals surface area contributed by atoms with E-state index in [4.69, 9.17) is 21.1 Å². The molecule has 0 fully saturated rings. The largest absolute Gasteiger partial charge is 0.497 e. The van der Waals surface area contributed by atoms with Crippen molar-refractivity contribution in [3.05, 3.63) is 88.9 Å². The molecule has 226 valence electrons. The van der Waals surface area contributed by atoms with Crippen LogP contribution in [0.1, 0.15) is 30.9 Å². The van der Waals surface area contributed by atoms with Crippen molar-refractivity contribution in [2.24, 2.45) is 0 Å². The van der Waals surface area contributed by atoms with Crippen LogP contribution in [-0.4, -0.2) is 64.7 Å². The molecule has 42 heavy (non-hydrogen) atoms. The summed E-state index contributed by atoms with van der Waals surface area (Å²) in [5.74, 6) is -0.240. The Bertz CT molecular complexity index is 1450. The average molecular weight is 616 g/mol. The molecule has 3 rings (SSSR count). The zero-order valence-corrected chi connectivity index (χ0v) is 26.0. The highest BCUT2D eigenvalue weighted by molar-refractivity contribution is 7.92. The van der Waals surface area contributed by atoms with Gasteiger partial charge in [-0.1, -0.05) is 73.5 Å². The number of carbonyl (C=O) groups is 2. The zero-order chi connectivity index (χ0) is 30.7. The van der Waals surface area contributed by atoms with Gasteiger partial charge in [0.2, 0.25) is 21.8 Å². The predicted octanol–water partition coefficient (Wildman–Crippen LogP) is 4.68. The lowest BCUT2D eigenvalue weighted by Crippen LogP contribution is -2.53. The van der Waals surface area contributed by atoms with Crippen LogP contribution in [0, 0.1) is 0 Å². The van der Waals surface area contributed by atoms with Gasteiger partial charge in [-0.3, -0.25) is 13.9 Å². The van der Waals surface area contributed by atoms with Gasteiger partial charge in [-0.2, -0.15) is 0 Å². The van der Waals surface area contributed by atoms with E-state index >= 15 is 0 Å². The summed E-state index contributed by atoms with van der Waals surface area (Å²) in [6, 6.07) is 20.1. The van der Waals surface area contributed by atoms with Crippen LogP contribution in [0.2, 0.25) is 5.02 Å². The Kier molecular flexibility index (Phi) is 12.1. The summed E-state index contributed by atoms with van der Waals surface area (Å²) in [6.07, 6.45) is 2.90. The van der Waals surface area contributed by atoms with Crippen LogP contribution in [0.25, 0.3) is 0 Å². The number of halogens is 1. The number of ether oxygens (including phenoxy) is 2. The summed E-state index contributed by atoms with van der Waals surface area (Å²) < 4.78 is 37.8. The van der Waals surface area contributed by atoms with Crippen LogP contribution in [0.4, 0.5) is 5.69 Å². The van der Waals surface area contributed by atoms with Crippen LogP contribution >= 0.6 is 11.6 Å². The maximum Gasteiger partial charge on any atom is 0.244 e. The molecule has 3 aromatic carbocycles. The Morgan fingerprint density at radius 2 is 1.67 bits per heavy atom. The Hall–Kier alpha value is -3.76. The molecule has 2 amide bonds. The molecular formula is C31H38ClN3O6S. The fraction of sp³-hybridized carbons (Fsp3) is 0.355. The molecule has 0 spiro atoms. The normalized spacial score (nSPS) is 11.8. The Morgan fingerprint density at radius 3 is 2.29 bits per heavy atom. The van der Waals surface area contributed by atoms with Gasteiger partial charge in [-0.05, 0) is 35.7 Å². The standard InChI is InChI=1S/C31H38ClN3O6S/c1-5-6-18-33-31(37)28(19-23-12-8-7-9-13-23)34(21-24-14-10-11-15-26(24)32)30(36)22-35(42(4,38)39)27-17-16-25(40-2)20-29(27)41-3/h7-17,20,28H,5-6,18-19,21-22H2,1-4H3,(H,33,37). The topological polar surface area (TPSA) is 105 Å². The van der Waals surface area contributed by atoms with Crippen molar-refractivity contribution in [1.29, 1.82) is 0 Å². The number of hydrogen-bond donors (Lipinski definition) is 1. The predicted molar refractivity (Wildman–Crippen MR) is 166 cm³/mol. The number of unbranched alkanes of at least 4 members (excludes halogenated alkanes) is 1. The molecule has 0 aliphatic rings. The number of amides is 2. The van der Waals surface area contributed by atoms with Gasteiger partial charge in [-0.15, -0.1) is 0 Å². The first kappa shape index (κ1) is 32.8. The lowest BCUT2D eigenvalue weighted by atomic mass is 10.0. The minimum absolute atomic E-state index is 0.00540. The molecule has 0 aliphatic carbocycles. The van der Waals surface area contributed by atoms with Crippen molar-refractivity contribution in [2.45, 2.75) is 38.8 Å². The fourth-order valence-corrected chi connectivity index (χ4v) is 5.50. The number of benzene rings is 3. The lowest BCUT2D eigenvalue weighted by molar-refractivity contribution is -0.140. The van der Waals surface area contributed by atoms with Crippen molar-refractivity contribution in [3.63, 3.8) is 0 Å². The Morgan fingerprint density at radius 1 is 0.976 bits per heavy atom. The summed E-state index contributed by atoms with van der Waals surface area (Å²) in [6.45, 7) is 1.90. The first-order valence-corrected chi connectivity index (χ1v) is 15.9. The number of nitrogens with one attached hydrogen (secondary N) is 1. The SMILES string of the molecule is CCCCNC(=O)C(Cc1ccccc1)N(Cc1ccccc1Cl)C(=O)CN(c1ccc(OC)cc1OC)S(C)(=O)=O. The molecule has 0 heterocycles. The molecule has 0 aliphatic heterocycles. The number of rotatable bonds is 15. The van der Waals surface area contributed by atoms with E-state index in [2.05, 4.69) is 5.32 Å². The van der Waals surface area contributed by atoms with Crippen molar-refractivity contribution in [2.75, 3.05) is 37.9 Å². The summed E-state index contributed by atoms with van der Waals surface area (Å²) in [4.78, 5) is 29.3. The van der Waals surface area contributed by atoms with Gasteiger partial charge in [0.05, 0.1) is 26.2 Å². The first-order valence-electron chi connectivity index (χ1n) is 13.6. The van der Waals surface area contributed by atoms with Gasteiger partial charge in [0.25, 0.3) is 0 Å². The monoisotopic (exact) mass is 615 g/mol. The second-order valence-electron chi connectivity index (χ2n) is 9.77. The number of anilines is 1. The van der Waals surface area contributed by atoms with Gasteiger partial charge in [0.1, 0.15) is 24.1 Å². The molecule has 0 radical (unpaired) electrons. The van der Waals surface area contributed by atoms with Crippen molar-refractivity contribution >= 4 is 39.1 Å². The number of methoxy groups -OCH3 is 2. The van der Waals surface area contributed by atoms with Gasteiger partial charge in [-0.25, -0.2) is 8.42 Å². The molecule has 0 saturated heterocycles. The molecule has 1 N–H and O–H groups in total. The Balaban J connectivity index is 2.08. The molecule has 3 aromatic rings. The Labute approximate surface area is 253 Å². The smallest absolute Gasteiger partial charge is 0.244 e. The molecule has 1 unspecified atom stereocenters. The second kappa shape index (κ2) is 15.5. The van der Waals surface area contributed by atoms with E-state index in [0.717, 1.165) is 29.0 Å². The maximum absolute atomic E-state index is 14.2. The quantitative estimate of drug-likeness (QED) is 0.249. The lowest BCUT2D eigenvalue weighted by Gasteiger charge is -2.34. The summed E-state index contributed by atoms with van der Waals surface area (Å²) >= 11 is 6.49. The molecule has 0 bridgehead atoms. The van der Waals surface area contributed by atoms with E-state index in [9.17, 15) is 18.0 Å². The van der Waals surface area contributed by atoms with E-state index in [0.29, 0.717) is 22.9 Å². The van der Waals surface area contributed by atoms with Crippen molar-refractivity contribution in [1.82, 2.24) is 10.2 Å². The van der Waals surface area contributed by atoms with E-state index in [-0.39, 0.29) is 30.3 Å². The third kappa shape index (κ3) is 8.87. The number of hydrogen-bond acceptors (Lipinski definition) is 6. The highest BCUT2D eigenvalue weighted by Crippen LogP contribution is 2.34. The molecule has 0 saturated carbocycles. The van der Waals surface area contributed by atoms with Crippen molar-refractivity contribution in [3.8, 4) is 11.5 Å². The average Bonchev–Trinajstić information content (AvgIpc) is 2.98. The highest BCUT2D eigenvalue weighted by atomic mass is 35.5. The first-order chi connectivity index (χ1) is 20.1. The van der Waals surface area contributed by atoms with Gasteiger partial charge in [0, 0.05) is 30.6 Å². The third-order valence-corrected chi connectivity index (χ3v) is 8.23. The number of carbonyl (C=O) groups excluding carboxylic acids is 2. The van der Waals surface area contributed by atoms with Gasteiger partial charge < -0.3 is 19.7 Å². The van der Waals surface area contributed by atoms with Gasteiger partial charge >= 0.3 is 0 Å². The van der Waals surface area contributed by atoms with Crippen LogP contribution in [0.15, 0.2) is 72.8 Å². The van der Waals surface area contributed by atoms with Gasteiger partial charge in [0.15, 0.2) is 0 Å². The fourth-order valence-electron chi connectivity index (χ4n) is 4.46. The molecule has 1 atom stereocenters. The maximum atomic E-state index is 14.2. The van der Waals surface area contributed by atoms with E-state index in [1.54, 1.807) is 36.4 Å². The van der Waals surface area contributed by atoms with Crippen molar-refractivity contribution < 1.29 is 27.5 Å². The van der Waals surface area contributed by atoms with Crippen LogP contribution < -0.4 is 19.1 Å². The van der Waals surface area contributed by atoms with E-state index in [1.807, 2.05) is 37.3 Å². The molecular weight excluding hydrogens is 578 g/mol. The van der Waals surface area contributed by atoms with Crippen LogP contribution in [-0.2, 0) is 32.6 Å². The van der Waals surface area contributed by atoms with E-state index in [1.165, 1.54) is 25.2 Å². The third-order valence-electron chi connectivity index (χ3n) is 6.73. The minimum Gasteiger partial charge on any atom is -0.497 e. The van der Waals surface area contributed by atoms with Crippen LogP contribution in [0.3, 0.4) is 0 Å². The molecule has 11 heteroatoms.